The van der Waals surface area contributed by atoms with Crippen LogP contribution in [-0.4, -0.2) is 4.98 Å². The zero-order chi connectivity index (χ0) is 11.5. The van der Waals surface area contributed by atoms with E-state index < -0.39 is 0 Å². The maximum absolute atomic E-state index is 4.28. The third-order valence-electron chi connectivity index (χ3n) is 2.58. The van der Waals surface area contributed by atoms with Gasteiger partial charge in [0.1, 0.15) is 0 Å². The Bertz CT molecular complexity index is 476. The molecule has 1 aromatic carbocycles. The fraction of sp³-hybridized carbons (Fsp3) is 0.308. The van der Waals surface area contributed by atoms with Crippen LogP contribution in [0.1, 0.15) is 28.4 Å². The van der Waals surface area contributed by atoms with Crippen LogP contribution in [0.5, 0.6) is 0 Å². The molecule has 0 fully saturated rings. The highest BCUT2D eigenvalue weighted by molar-refractivity contribution is 7.11. The zero-order valence-electron chi connectivity index (χ0n) is 9.82. The number of nitrogens with zero attached hydrogens (tertiary/aromatic N) is 1. The average Bonchev–Trinajstić information content (AvgIpc) is 2.68. The van der Waals surface area contributed by atoms with Crippen LogP contribution in [0.25, 0.3) is 0 Å². The quantitative estimate of drug-likeness (QED) is 0.867. The molecule has 3 heteroatoms. The highest BCUT2D eigenvalue weighted by atomic mass is 32.1. The molecule has 0 aliphatic heterocycles. The SMILES string of the molecule is Cc1ncc(C(C)Nc2ccccc2C)s1. The molecule has 2 nitrogen and oxygen atoms in total. The third kappa shape index (κ3) is 2.42. The van der Waals surface area contributed by atoms with Crippen molar-refractivity contribution in [1.82, 2.24) is 4.98 Å². The highest BCUT2D eigenvalue weighted by Crippen LogP contribution is 2.25. The molecule has 1 heterocycles. The Morgan fingerprint density at radius 2 is 2.00 bits per heavy atom. The van der Waals surface area contributed by atoms with Gasteiger partial charge in [-0.25, -0.2) is 4.98 Å². The average molecular weight is 232 g/mol. The zero-order valence-corrected chi connectivity index (χ0v) is 10.6. The minimum Gasteiger partial charge on any atom is -0.377 e. The van der Waals surface area contributed by atoms with Crippen molar-refractivity contribution in [1.29, 1.82) is 0 Å². The minimum absolute atomic E-state index is 0.312. The van der Waals surface area contributed by atoms with Crippen molar-refractivity contribution >= 4 is 17.0 Å². The van der Waals surface area contributed by atoms with Crippen molar-refractivity contribution < 1.29 is 0 Å². The van der Waals surface area contributed by atoms with E-state index in [1.807, 2.05) is 13.1 Å². The van der Waals surface area contributed by atoms with Gasteiger partial charge in [0.25, 0.3) is 0 Å². The summed E-state index contributed by atoms with van der Waals surface area (Å²) in [6, 6.07) is 8.65. The monoisotopic (exact) mass is 232 g/mol. The molecule has 2 aromatic rings. The van der Waals surface area contributed by atoms with E-state index in [1.54, 1.807) is 11.3 Å². The molecule has 0 spiro atoms. The summed E-state index contributed by atoms with van der Waals surface area (Å²) in [7, 11) is 0. The topological polar surface area (TPSA) is 24.9 Å². The molecule has 1 aromatic heterocycles. The van der Waals surface area contributed by atoms with E-state index in [9.17, 15) is 0 Å². The molecule has 2 rings (SSSR count). The smallest absolute Gasteiger partial charge is 0.0897 e. The van der Waals surface area contributed by atoms with Gasteiger partial charge in [0.15, 0.2) is 0 Å². The fourth-order valence-corrected chi connectivity index (χ4v) is 2.40. The molecule has 1 atom stereocenters. The summed E-state index contributed by atoms with van der Waals surface area (Å²) in [6.45, 7) is 6.32. The van der Waals surface area contributed by atoms with Gasteiger partial charge in [0.05, 0.1) is 11.0 Å². The van der Waals surface area contributed by atoms with Gasteiger partial charge in [-0.2, -0.15) is 0 Å². The summed E-state index contributed by atoms with van der Waals surface area (Å²) in [5.74, 6) is 0. The number of aryl methyl sites for hydroxylation is 2. The van der Waals surface area contributed by atoms with E-state index in [0.29, 0.717) is 6.04 Å². The van der Waals surface area contributed by atoms with Crippen molar-refractivity contribution in [3.63, 3.8) is 0 Å². The Balaban J connectivity index is 2.13. The molecule has 1 N–H and O–H groups in total. The van der Waals surface area contributed by atoms with Crippen LogP contribution >= 0.6 is 11.3 Å². The van der Waals surface area contributed by atoms with Crippen molar-refractivity contribution in [3.8, 4) is 0 Å². The Hall–Kier alpha value is -1.35. The van der Waals surface area contributed by atoms with Crippen LogP contribution in [0, 0.1) is 13.8 Å². The van der Waals surface area contributed by atoms with E-state index in [0.717, 1.165) is 5.01 Å². The molecule has 16 heavy (non-hydrogen) atoms. The Labute approximate surface area is 100 Å². The first-order chi connectivity index (χ1) is 7.66. The second-order valence-electron chi connectivity index (χ2n) is 3.96. The van der Waals surface area contributed by atoms with Crippen LogP contribution in [0.15, 0.2) is 30.5 Å². The number of rotatable bonds is 3. The number of nitrogens with one attached hydrogen (secondary N) is 1. The molecule has 0 aliphatic carbocycles. The molecular weight excluding hydrogens is 216 g/mol. The van der Waals surface area contributed by atoms with E-state index in [-0.39, 0.29) is 0 Å². The van der Waals surface area contributed by atoms with Crippen LogP contribution in [-0.2, 0) is 0 Å². The lowest BCUT2D eigenvalue weighted by Gasteiger charge is -2.15. The van der Waals surface area contributed by atoms with Gasteiger partial charge in [0.2, 0.25) is 0 Å². The van der Waals surface area contributed by atoms with Gasteiger partial charge < -0.3 is 5.32 Å². The fourth-order valence-electron chi connectivity index (χ4n) is 1.62. The van der Waals surface area contributed by atoms with Gasteiger partial charge in [-0.1, -0.05) is 18.2 Å². The van der Waals surface area contributed by atoms with E-state index >= 15 is 0 Å². The Morgan fingerprint density at radius 3 is 2.62 bits per heavy atom. The summed E-state index contributed by atoms with van der Waals surface area (Å²) < 4.78 is 0. The minimum atomic E-state index is 0.312. The lowest BCUT2D eigenvalue weighted by Crippen LogP contribution is -2.05. The second kappa shape index (κ2) is 4.66. The lowest BCUT2D eigenvalue weighted by atomic mass is 10.2. The molecule has 0 amide bonds. The molecule has 0 saturated heterocycles. The van der Waals surface area contributed by atoms with E-state index in [1.165, 1.54) is 16.1 Å². The van der Waals surface area contributed by atoms with Gasteiger partial charge in [-0.15, -0.1) is 11.3 Å². The molecular formula is C13H16N2S. The van der Waals surface area contributed by atoms with Crippen molar-refractivity contribution in [2.45, 2.75) is 26.8 Å². The van der Waals surface area contributed by atoms with Gasteiger partial charge in [0, 0.05) is 16.8 Å². The number of hydrogen-bond acceptors (Lipinski definition) is 3. The third-order valence-corrected chi connectivity index (χ3v) is 3.68. The molecule has 0 saturated carbocycles. The first kappa shape index (κ1) is 11.1. The summed E-state index contributed by atoms with van der Waals surface area (Å²) in [5, 5.41) is 4.63. The molecule has 0 radical (unpaired) electrons. The number of hydrogen-bond donors (Lipinski definition) is 1. The van der Waals surface area contributed by atoms with Gasteiger partial charge in [-0.3, -0.25) is 0 Å². The summed E-state index contributed by atoms with van der Waals surface area (Å²) in [5.41, 5.74) is 2.47. The lowest BCUT2D eigenvalue weighted by molar-refractivity contribution is 0.901. The summed E-state index contributed by atoms with van der Waals surface area (Å²) in [6.07, 6.45) is 1.95. The van der Waals surface area contributed by atoms with Crippen LogP contribution in [0.2, 0.25) is 0 Å². The number of thiazole rings is 1. The maximum atomic E-state index is 4.28. The van der Waals surface area contributed by atoms with Crippen molar-refractivity contribution in [2.24, 2.45) is 0 Å². The Kier molecular flexibility index (Phi) is 3.25. The summed E-state index contributed by atoms with van der Waals surface area (Å²) >= 11 is 1.75. The predicted molar refractivity (Wildman–Crippen MR) is 70.1 cm³/mol. The van der Waals surface area contributed by atoms with Crippen LogP contribution in [0.4, 0.5) is 5.69 Å². The van der Waals surface area contributed by atoms with Crippen molar-refractivity contribution in [2.75, 3.05) is 5.32 Å². The number of anilines is 1. The largest absolute Gasteiger partial charge is 0.377 e. The van der Waals surface area contributed by atoms with Gasteiger partial charge in [-0.05, 0) is 32.4 Å². The maximum Gasteiger partial charge on any atom is 0.0897 e. The first-order valence-electron chi connectivity index (χ1n) is 5.41. The van der Waals surface area contributed by atoms with Crippen molar-refractivity contribution in [3.05, 3.63) is 45.9 Å². The first-order valence-corrected chi connectivity index (χ1v) is 6.23. The van der Waals surface area contributed by atoms with Crippen LogP contribution in [0.3, 0.4) is 0 Å². The van der Waals surface area contributed by atoms with E-state index in [2.05, 4.69) is 48.4 Å². The molecule has 84 valence electrons. The molecule has 0 aliphatic rings. The standard InChI is InChI=1S/C13H16N2S/c1-9-6-4-5-7-12(9)15-10(2)13-8-14-11(3)16-13/h4-8,10,15H,1-3H3. The molecule has 0 bridgehead atoms. The van der Waals surface area contributed by atoms with Gasteiger partial charge >= 0.3 is 0 Å². The normalized spacial score (nSPS) is 12.4. The number of aromatic nitrogens is 1. The van der Waals surface area contributed by atoms with Crippen LogP contribution < -0.4 is 5.32 Å². The predicted octanol–water partition coefficient (Wildman–Crippen LogP) is 3.93. The summed E-state index contributed by atoms with van der Waals surface area (Å²) in [4.78, 5) is 5.56. The second-order valence-corrected chi connectivity index (χ2v) is 5.23. The van der Waals surface area contributed by atoms with E-state index in [4.69, 9.17) is 0 Å². The highest BCUT2D eigenvalue weighted by Gasteiger charge is 2.08. The Morgan fingerprint density at radius 1 is 1.25 bits per heavy atom. The number of benzene rings is 1. The number of para-hydroxylation sites is 1. The molecule has 1 unspecified atom stereocenters.